The largest absolute Gasteiger partial charge is 0.466 e. The molecule has 3 atom stereocenters. The number of carbonyl (C=O) groups is 4. The first kappa shape index (κ1) is 34.2. The second-order valence-electron chi connectivity index (χ2n) is 11.1. The third-order valence-corrected chi connectivity index (χ3v) is 8.07. The molecule has 0 saturated carbocycles. The minimum atomic E-state index is -1.43. The highest BCUT2D eigenvalue weighted by Gasteiger charge is 2.43. The van der Waals surface area contributed by atoms with Crippen LogP contribution in [0.3, 0.4) is 0 Å². The summed E-state index contributed by atoms with van der Waals surface area (Å²) in [5.41, 5.74) is 1.41. The van der Waals surface area contributed by atoms with E-state index in [1.165, 1.54) is 19.4 Å². The van der Waals surface area contributed by atoms with Gasteiger partial charge in [-0.3, -0.25) is 4.79 Å². The molecule has 15 heteroatoms. The number of imide groups is 1. The first-order valence-corrected chi connectivity index (χ1v) is 15.3. The minimum absolute atomic E-state index is 0.0209. The van der Waals surface area contributed by atoms with Crippen LogP contribution in [0.2, 0.25) is 0 Å². The molecule has 0 spiro atoms. The van der Waals surface area contributed by atoms with Crippen LogP contribution < -0.4 is 26.6 Å². The predicted octanol–water partition coefficient (Wildman–Crippen LogP) is 3.74. The van der Waals surface area contributed by atoms with E-state index in [0.717, 1.165) is 36.1 Å². The van der Waals surface area contributed by atoms with Crippen molar-refractivity contribution in [1.82, 2.24) is 26.2 Å². The van der Waals surface area contributed by atoms with Crippen LogP contribution in [-0.2, 0) is 14.3 Å². The van der Waals surface area contributed by atoms with Gasteiger partial charge in [-0.2, -0.15) is 0 Å². The molecule has 5 amide bonds. The third kappa shape index (κ3) is 7.70. The Balaban J connectivity index is 1.24. The maximum atomic E-state index is 14.3. The zero-order valence-corrected chi connectivity index (χ0v) is 26.3. The van der Waals surface area contributed by atoms with Crippen molar-refractivity contribution in [2.45, 2.75) is 31.0 Å². The molecule has 2 aliphatic heterocycles. The predicted molar refractivity (Wildman–Crippen MR) is 169 cm³/mol. The number of urea groups is 2. The Morgan fingerprint density at radius 1 is 1.04 bits per heavy atom. The lowest BCUT2D eigenvalue weighted by Crippen LogP contribution is -2.56. The molecule has 5 rings (SSSR count). The Labute approximate surface area is 275 Å². The van der Waals surface area contributed by atoms with Gasteiger partial charge in [-0.15, -0.1) is 0 Å². The number of nitrogens with zero attached hydrogens (tertiary/aromatic N) is 1. The number of para-hydroxylation sites is 1. The molecule has 3 heterocycles. The number of furan rings is 1. The molecule has 3 aromatic rings. The first-order valence-electron chi connectivity index (χ1n) is 15.3. The summed E-state index contributed by atoms with van der Waals surface area (Å²) in [6, 6.07) is 10.4. The number of hydrogen-bond acceptors (Lipinski definition) is 9. The number of hydrogen-bond donors (Lipinski definition) is 5. The fraction of sp³-hybridized carbons (Fsp3) is 0.333. The fourth-order valence-electron chi connectivity index (χ4n) is 5.86. The summed E-state index contributed by atoms with van der Waals surface area (Å²) < 4.78 is 43.4. The van der Waals surface area contributed by atoms with Crippen molar-refractivity contribution in [3.63, 3.8) is 0 Å². The molecule has 2 aliphatic rings. The highest BCUT2D eigenvalue weighted by atomic mass is 19.2. The van der Waals surface area contributed by atoms with Gasteiger partial charge in [0, 0.05) is 38.0 Å². The summed E-state index contributed by atoms with van der Waals surface area (Å²) >= 11 is 0. The molecule has 5 N–H and O–H groups in total. The molecule has 2 unspecified atom stereocenters. The lowest BCUT2D eigenvalue weighted by molar-refractivity contribution is -0.137. The Bertz CT molecular complexity index is 1680. The van der Waals surface area contributed by atoms with Gasteiger partial charge in [-0.25, -0.2) is 28.1 Å². The van der Waals surface area contributed by atoms with Crippen LogP contribution >= 0.6 is 0 Å². The molecule has 0 aliphatic carbocycles. The molecular weight excluding hydrogens is 630 g/mol. The number of amides is 5. The molecule has 0 bridgehead atoms. The normalized spacial score (nSPS) is 19.5. The lowest BCUT2D eigenvalue weighted by atomic mass is 9.92. The fourth-order valence-corrected chi connectivity index (χ4v) is 5.86. The minimum Gasteiger partial charge on any atom is -0.466 e. The maximum absolute atomic E-state index is 14.3. The van der Waals surface area contributed by atoms with Crippen molar-refractivity contribution in [3.8, 4) is 0 Å². The van der Waals surface area contributed by atoms with E-state index < -0.39 is 35.7 Å². The SMILES string of the molecule is COCC1=C(C(=O)OC)[C@H](c2ccc(F)c(F)c2)N(C(=O)NCCNC2CCNC(c3ccccc3NC(=O)c3ccco3)C2)C(=O)N1. The van der Waals surface area contributed by atoms with E-state index in [0.29, 0.717) is 25.2 Å². The van der Waals surface area contributed by atoms with Crippen molar-refractivity contribution in [1.29, 1.82) is 0 Å². The summed E-state index contributed by atoms with van der Waals surface area (Å²) in [4.78, 5) is 52.9. The Kier molecular flexibility index (Phi) is 11.2. The van der Waals surface area contributed by atoms with Crippen LogP contribution in [0.25, 0.3) is 0 Å². The summed E-state index contributed by atoms with van der Waals surface area (Å²) in [5.74, 6) is -3.40. The van der Waals surface area contributed by atoms with E-state index in [1.54, 1.807) is 12.1 Å². The number of benzene rings is 2. The van der Waals surface area contributed by atoms with Gasteiger partial charge in [-0.1, -0.05) is 24.3 Å². The molecular formula is C33H36F2N6O7. The molecule has 1 fully saturated rings. The summed E-state index contributed by atoms with van der Waals surface area (Å²) in [6.45, 7) is 0.916. The van der Waals surface area contributed by atoms with Gasteiger partial charge >= 0.3 is 18.0 Å². The second kappa shape index (κ2) is 15.6. The number of anilines is 1. The number of ether oxygens (including phenoxy) is 2. The lowest BCUT2D eigenvalue weighted by Gasteiger charge is -2.36. The van der Waals surface area contributed by atoms with Gasteiger partial charge in [0.1, 0.15) is 6.04 Å². The first-order chi connectivity index (χ1) is 23.2. The van der Waals surface area contributed by atoms with Crippen LogP contribution in [0.4, 0.5) is 24.1 Å². The highest BCUT2D eigenvalue weighted by molar-refractivity contribution is 6.03. The molecule has 2 aromatic carbocycles. The number of esters is 1. The topological polar surface area (TPSA) is 163 Å². The van der Waals surface area contributed by atoms with Crippen molar-refractivity contribution >= 4 is 29.6 Å². The van der Waals surface area contributed by atoms with E-state index >= 15 is 0 Å². The summed E-state index contributed by atoms with van der Waals surface area (Å²) in [5, 5.41) is 15.0. The maximum Gasteiger partial charge on any atom is 0.338 e. The number of rotatable bonds is 11. The van der Waals surface area contributed by atoms with Gasteiger partial charge in [-0.05, 0) is 60.8 Å². The van der Waals surface area contributed by atoms with Crippen molar-refractivity contribution < 1.29 is 41.8 Å². The van der Waals surface area contributed by atoms with Crippen LogP contribution in [0.15, 0.2) is 76.5 Å². The molecule has 48 heavy (non-hydrogen) atoms. The molecule has 1 aromatic heterocycles. The average molecular weight is 667 g/mol. The highest BCUT2D eigenvalue weighted by Crippen LogP contribution is 2.35. The number of halogens is 2. The Morgan fingerprint density at radius 2 is 1.85 bits per heavy atom. The van der Waals surface area contributed by atoms with E-state index in [-0.39, 0.29) is 53.7 Å². The zero-order chi connectivity index (χ0) is 34.2. The van der Waals surface area contributed by atoms with Gasteiger partial charge < -0.3 is 40.5 Å². The number of piperidine rings is 1. The van der Waals surface area contributed by atoms with E-state index in [2.05, 4.69) is 26.6 Å². The average Bonchev–Trinajstić information content (AvgIpc) is 3.63. The Hall–Kier alpha value is -5.12. The molecule has 254 valence electrons. The van der Waals surface area contributed by atoms with E-state index in [9.17, 15) is 28.0 Å². The van der Waals surface area contributed by atoms with Crippen LogP contribution in [0.1, 0.15) is 46.6 Å². The van der Waals surface area contributed by atoms with Crippen molar-refractivity contribution in [2.24, 2.45) is 0 Å². The standard InChI is InChI=1S/C33H36F2N6O7/c1-46-18-26-28(31(43)47-2)29(19-9-10-22(34)23(35)16-19)41(33(45)40-26)32(44)38-14-13-36-20-11-12-37-25(17-20)21-6-3-4-7-24(21)39-30(42)27-8-5-15-48-27/h3-10,15-16,20,25,29,36-37H,11-14,17-18H2,1-2H3,(H,38,44)(H,39,42)(H,40,45)/t20?,25?,29-/m0/s1. The monoisotopic (exact) mass is 666 g/mol. The van der Waals surface area contributed by atoms with Gasteiger partial charge in [0.25, 0.3) is 5.91 Å². The summed E-state index contributed by atoms with van der Waals surface area (Å²) in [6.07, 6.45) is 2.92. The molecule has 1 saturated heterocycles. The molecule has 13 nitrogen and oxygen atoms in total. The van der Waals surface area contributed by atoms with E-state index in [4.69, 9.17) is 13.9 Å². The smallest absolute Gasteiger partial charge is 0.338 e. The third-order valence-electron chi connectivity index (χ3n) is 8.07. The number of carbonyl (C=O) groups excluding carboxylic acids is 4. The van der Waals surface area contributed by atoms with Crippen molar-refractivity contribution in [2.75, 3.05) is 45.8 Å². The van der Waals surface area contributed by atoms with Gasteiger partial charge in [0.15, 0.2) is 17.4 Å². The summed E-state index contributed by atoms with van der Waals surface area (Å²) in [7, 11) is 2.46. The van der Waals surface area contributed by atoms with Gasteiger partial charge in [0.05, 0.1) is 31.2 Å². The van der Waals surface area contributed by atoms with Crippen LogP contribution in [0, 0.1) is 11.6 Å². The Morgan fingerprint density at radius 3 is 2.58 bits per heavy atom. The number of nitrogens with one attached hydrogen (secondary N) is 5. The molecule has 0 radical (unpaired) electrons. The van der Waals surface area contributed by atoms with Gasteiger partial charge in [0.2, 0.25) is 0 Å². The van der Waals surface area contributed by atoms with Crippen LogP contribution in [-0.4, -0.2) is 75.3 Å². The quantitative estimate of drug-likeness (QED) is 0.152. The van der Waals surface area contributed by atoms with Crippen molar-refractivity contribution in [3.05, 3.63) is 101 Å². The second-order valence-corrected chi connectivity index (χ2v) is 11.1. The van der Waals surface area contributed by atoms with Crippen LogP contribution in [0.5, 0.6) is 0 Å². The number of methoxy groups -OCH3 is 2. The van der Waals surface area contributed by atoms with E-state index in [1.807, 2.05) is 24.3 Å². The zero-order valence-electron chi connectivity index (χ0n) is 26.3.